The van der Waals surface area contributed by atoms with Crippen LogP contribution < -0.4 is 10.1 Å². The van der Waals surface area contributed by atoms with Crippen LogP contribution in [-0.4, -0.2) is 36.0 Å². The summed E-state index contributed by atoms with van der Waals surface area (Å²) in [5.74, 6) is 1.72. The van der Waals surface area contributed by atoms with Crippen molar-refractivity contribution in [2.24, 2.45) is 11.8 Å². The zero-order valence-corrected chi connectivity index (χ0v) is 18.0. The maximum absolute atomic E-state index is 12.9. The number of thiazole rings is 1. The first-order chi connectivity index (χ1) is 14.2. The minimum absolute atomic E-state index is 0.0294. The number of benzene rings is 1. The Morgan fingerprint density at radius 3 is 2.72 bits per heavy atom. The Hall–Kier alpha value is -1.92. The number of aromatic nitrogens is 1. The van der Waals surface area contributed by atoms with Gasteiger partial charge < -0.3 is 10.1 Å². The van der Waals surface area contributed by atoms with E-state index < -0.39 is 0 Å². The predicted octanol–water partition coefficient (Wildman–Crippen LogP) is 4.41. The summed E-state index contributed by atoms with van der Waals surface area (Å²) in [6.45, 7) is 3.02. The largest absolute Gasteiger partial charge is 0.497 e. The van der Waals surface area contributed by atoms with Crippen molar-refractivity contribution < 1.29 is 9.53 Å². The maximum atomic E-state index is 12.9. The normalized spacial score (nSPS) is 21.8. The summed E-state index contributed by atoms with van der Waals surface area (Å²) in [7, 11) is 1.70. The number of carbonyl (C=O) groups is 1. The topological polar surface area (TPSA) is 54.5 Å². The lowest BCUT2D eigenvalue weighted by molar-refractivity contribution is -0.126. The van der Waals surface area contributed by atoms with Crippen LogP contribution in [0.1, 0.15) is 55.1 Å². The highest BCUT2D eigenvalue weighted by Gasteiger charge is 2.33. The molecule has 0 radical (unpaired) electrons. The molecule has 2 aliphatic rings. The van der Waals surface area contributed by atoms with E-state index in [1.165, 1.54) is 18.4 Å². The third kappa shape index (κ3) is 5.17. The molecule has 2 aromatic rings. The Balaban J connectivity index is 1.43. The van der Waals surface area contributed by atoms with Crippen LogP contribution in [0.15, 0.2) is 35.8 Å². The highest BCUT2D eigenvalue weighted by Crippen LogP contribution is 2.33. The van der Waals surface area contributed by atoms with Crippen molar-refractivity contribution in [2.45, 2.75) is 51.1 Å². The predicted molar refractivity (Wildman–Crippen MR) is 116 cm³/mol. The van der Waals surface area contributed by atoms with E-state index in [4.69, 9.17) is 4.74 Å². The molecule has 0 spiro atoms. The van der Waals surface area contributed by atoms with Gasteiger partial charge in [0.15, 0.2) is 0 Å². The molecule has 156 valence electrons. The Bertz CT molecular complexity index is 772. The lowest BCUT2D eigenvalue weighted by Gasteiger charge is -2.37. The standard InChI is InChI=1S/C23H31N3O2S/c1-28-20-10-8-17(9-11-20)15-26-13-4-7-19(16-26)21(23-24-12-14-29-23)25-22(27)18-5-2-3-6-18/h8-12,14,18-19,21H,2-7,13,15-16H2,1H3,(H,25,27)/t19-,21-/m0/s1. The number of amides is 1. The first-order valence-corrected chi connectivity index (χ1v) is 11.7. The SMILES string of the molecule is COc1ccc(CN2CCC[C@H]([C@H](NC(=O)C3CCCC3)c3nccs3)C2)cc1. The van der Waals surface area contributed by atoms with Crippen molar-refractivity contribution in [3.05, 3.63) is 46.4 Å². The molecular weight excluding hydrogens is 382 g/mol. The van der Waals surface area contributed by atoms with Crippen LogP contribution >= 0.6 is 11.3 Å². The van der Waals surface area contributed by atoms with Crippen LogP contribution in [0.4, 0.5) is 0 Å². The molecule has 2 heterocycles. The summed E-state index contributed by atoms with van der Waals surface area (Å²) in [4.78, 5) is 19.9. The average Bonchev–Trinajstić information content (AvgIpc) is 3.47. The van der Waals surface area contributed by atoms with Gasteiger partial charge in [-0.05, 0) is 55.8 Å². The van der Waals surface area contributed by atoms with Gasteiger partial charge in [-0.15, -0.1) is 11.3 Å². The third-order valence-corrected chi connectivity index (χ3v) is 7.18. The maximum Gasteiger partial charge on any atom is 0.223 e. The summed E-state index contributed by atoms with van der Waals surface area (Å²) >= 11 is 1.66. The second-order valence-electron chi connectivity index (χ2n) is 8.32. The van der Waals surface area contributed by atoms with Crippen molar-refractivity contribution in [1.82, 2.24) is 15.2 Å². The molecule has 2 fully saturated rings. The van der Waals surface area contributed by atoms with Crippen LogP contribution in [0.25, 0.3) is 0 Å². The fraction of sp³-hybridized carbons (Fsp3) is 0.565. The van der Waals surface area contributed by atoms with Crippen LogP contribution in [0.2, 0.25) is 0 Å². The lowest BCUT2D eigenvalue weighted by Crippen LogP contribution is -2.43. The van der Waals surface area contributed by atoms with Gasteiger partial charge in [-0.1, -0.05) is 25.0 Å². The number of hydrogen-bond acceptors (Lipinski definition) is 5. The van der Waals surface area contributed by atoms with Gasteiger partial charge in [-0.3, -0.25) is 9.69 Å². The minimum Gasteiger partial charge on any atom is -0.497 e. The van der Waals surface area contributed by atoms with Crippen molar-refractivity contribution in [3.63, 3.8) is 0 Å². The van der Waals surface area contributed by atoms with Gasteiger partial charge in [0, 0.05) is 30.6 Å². The molecule has 1 aromatic heterocycles. The van der Waals surface area contributed by atoms with Crippen molar-refractivity contribution in [2.75, 3.05) is 20.2 Å². The molecule has 6 heteroatoms. The van der Waals surface area contributed by atoms with E-state index in [2.05, 4.69) is 27.3 Å². The highest BCUT2D eigenvalue weighted by atomic mass is 32.1. The summed E-state index contributed by atoms with van der Waals surface area (Å²) in [6.07, 6.45) is 8.57. The van der Waals surface area contributed by atoms with E-state index in [-0.39, 0.29) is 17.9 Å². The number of nitrogens with one attached hydrogen (secondary N) is 1. The van der Waals surface area contributed by atoms with Gasteiger partial charge in [0.1, 0.15) is 10.8 Å². The number of rotatable bonds is 7. The number of ether oxygens (including phenoxy) is 1. The minimum atomic E-state index is 0.0294. The smallest absolute Gasteiger partial charge is 0.223 e. The zero-order chi connectivity index (χ0) is 20.1. The van der Waals surface area contributed by atoms with Crippen LogP contribution in [0.3, 0.4) is 0 Å². The number of nitrogens with zero attached hydrogens (tertiary/aromatic N) is 2. The van der Waals surface area contributed by atoms with Crippen LogP contribution in [0, 0.1) is 11.8 Å². The Labute approximate surface area is 177 Å². The summed E-state index contributed by atoms with van der Waals surface area (Å²) in [5.41, 5.74) is 1.30. The van der Waals surface area contributed by atoms with Gasteiger partial charge in [-0.25, -0.2) is 4.98 Å². The van der Waals surface area contributed by atoms with Gasteiger partial charge in [0.25, 0.3) is 0 Å². The molecule has 29 heavy (non-hydrogen) atoms. The number of piperidine rings is 1. The highest BCUT2D eigenvalue weighted by molar-refractivity contribution is 7.09. The molecule has 1 aliphatic carbocycles. The first kappa shape index (κ1) is 20.4. The summed E-state index contributed by atoms with van der Waals surface area (Å²) in [5, 5.41) is 6.46. The number of methoxy groups -OCH3 is 1. The van der Waals surface area contributed by atoms with E-state index in [1.54, 1.807) is 18.4 Å². The van der Waals surface area contributed by atoms with Gasteiger partial charge in [0.05, 0.1) is 13.2 Å². The van der Waals surface area contributed by atoms with Crippen molar-refractivity contribution >= 4 is 17.2 Å². The summed E-state index contributed by atoms with van der Waals surface area (Å²) < 4.78 is 5.27. The van der Waals surface area contributed by atoms with E-state index in [0.29, 0.717) is 5.92 Å². The van der Waals surface area contributed by atoms with Crippen molar-refractivity contribution in [3.8, 4) is 5.75 Å². The number of likely N-dealkylation sites (tertiary alicyclic amines) is 1. The fourth-order valence-electron chi connectivity index (χ4n) is 4.72. The lowest BCUT2D eigenvalue weighted by atomic mass is 9.90. The van der Waals surface area contributed by atoms with Gasteiger partial charge in [-0.2, -0.15) is 0 Å². The Morgan fingerprint density at radius 2 is 2.03 bits per heavy atom. The zero-order valence-electron chi connectivity index (χ0n) is 17.2. The van der Waals surface area contributed by atoms with E-state index in [1.807, 2.05) is 23.7 Å². The van der Waals surface area contributed by atoms with Crippen molar-refractivity contribution in [1.29, 1.82) is 0 Å². The number of carbonyl (C=O) groups excluding carboxylic acids is 1. The van der Waals surface area contributed by atoms with E-state index >= 15 is 0 Å². The molecule has 5 nitrogen and oxygen atoms in total. The molecule has 0 unspecified atom stereocenters. The molecule has 1 N–H and O–H groups in total. The molecule has 0 bridgehead atoms. The number of hydrogen-bond donors (Lipinski definition) is 1. The first-order valence-electron chi connectivity index (χ1n) is 10.8. The summed E-state index contributed by atoms with van der Waals surface area (Å²) in [6, 6.07) is 8.36. The fourth-order valence-corrected chi connectivity index (χ4v) is 5.51. The second kappa shape index (κ2) is 9.72. The van der Waals surface area contributed by atoms with E-state index in [0.717, 1.165) is 56.1 Å². The van der Waals surface area contributed by atoms with E-state index in [9.17, 15) is 4.79 Å². The van der Waals surface area contributed by atoms with Gasteiger partial charge in [0.2, 0.25) is 5.91 Å². The van der Waals surface area contributed by atoms with Gasteiger partial charge >= 0.3 is 0 Å². The third-order valence-electron chi connectivity index (χ3n) is 6.32. The van der Waals surface area contributed by atoms with Crippen LogP contribution in [0.5, 0.6) is 5.75 Å². The molecular formula is C23H31N3O2S. The average molecular weight is 414 g/mol. The Kier molecular flexibility index (Phi) is 6.82. The molecule has 1 aliphatic heterocycles. The second-order valence-corrected chi connectivity index (χ2v) is 9.25. The Morgan fingerprint density at radius 1 is 1.24 bits per heavy atom. The molecule has 1 aromatic carbocycles. The molecule has 1 amide bonds. The molecule has 2 atom stereocenters. The molecule has 1 saturated heterocycles. The quantitative estimate of drug-likeness (QED) is 0.730. The molecule has 1 saturated carbocycles. The monoisotopic (exact) mass is 413 g/mol. The molecule has 4 rings (SSSR count). The van der Waals surface area contributed by atoms with Crippen LogP contribution in [-0.2, 0) is 11.3 Å².